The lowest BCUT2D eigenvalue weighted by Crippen LogP contribution is -2.23. The van der Waals surface area contributed by atoms with Gasteiger partial charge in [0.15, 0.2) is 0 Å². The minimum absolute atomic E-state index is 0.0265. The number of rotatable bonds is 8. The molecule has 0 bridgehead atoms. The van der Waals surface area contributed by atoms with Gasteiger partial charge in [0.1, 0.15) is 0 Å². The van der Waals surface area contributed by atoms with Crippen molar-refractivity contribution in [2.45, 2.75) is 31.9 Å². The summed E-state index contributed by atoms with van der Waals surface area (Å²) in [5.41, 5.74) is 6.77. The van der Waals surface area contributed by atoms with Crippen molar-refractivity contribution in [3.8, 4) is 0 Å². The zero-order valence-electron chi connectivity index (χ0n) is 9.84. The van der Waals surface area contributed by atoms with Crippen molar-refractivity contribution >= 4 is 5.97 Å². The second-order valence-corrected chi connectivity index (χ2v) is 4.04. The Bertz CT molecular complexity index is 327. The van der Waals surface area contributed by atoms with Gasteiger partial charge in [0.25, 0.3) is 0 Å². The molecule has 4 heteroatoms. The van der Waals surface area contributed by atoms with E-state index in [9.17, 15) is 4.79 Å². The maximum absolute atomic E-state index is 10.4. The maximum atomic E-state index is 10.4. The van der Waals surface area contributed by atoms with E-state index in [1.54, 1.807) is 0 Å². The van der Waals surface area contributed by atoms with E-state index >= 15 is 0 Å². The van der Waals surface area contributed by atoms with Crippen LogP contribution in [0.1, 0.15) is 24.8 Å². The van der Waals surface area contributed by atoms with Gasteiger partial charge in [-0.15, -0.1) is 0 Å². The van der Waals surface area contributed by atoms with Crippen LogP contribution in [-0.2, 0) is 16.1 Å². The van der Waals surface area contributed by atoms with Gasteiger partial charge in [-0.05, 0) is 18.4 Å². The predicted molar refractivity (Wildman–Crippen MR) is 65.6 cm³/mol. The third kappa shape index (κ3) is 6.71. The zero-order chi connectivity index (χ0) is 12.5. The van der Waals surface area contributed by atoms with E-state index in [0.717, 1.165) is 12.0 Å². The number of carboxylic acid groups (broad SMARTS) is 1. The van der Waals surface area contributed by atoms with Crippen LogP contribution < -0.4 is 5.73 Å². The van der Waals surface area contributed by atoms with E-state index in [1.807, 2.05) is 30.3 Å². The summed E-state index contributed by atoms with van der Waals surface area (Å²) < 4.78 is 5.47. The molecule has 0 aliphatic heterocycles. The predicted octanol–water partition coefficient (Wildman–Crippen LogP) is 1.79. The van der Waals surface area contributed by atoms with Gasteiger partial charge in [0, 0.05) is 12.6 Å². The fourth-order valence-corrected chi connectivity index (χ4v) is 1.54. The van der Waals surface area contributed by atoms with Crippen molar-refractivity contribution in [3.63, 3.8) is 0 Å². The summed E-state index contributed by atoms with van der Waals surface area (Å²) in [5, 5.41) is 8.52. The minimum Gasteiger partial charge on any atom is -0.481 e. The standard InChI is InChI=1S/C13H19NO3/c14-12(9-13(15)16)7-4-8-17-10-11-5-2-1-3-6-11/h1-3,5-6,12H,4,7-10,14H2,(H,15,16). The molecule has 0 fully saturated rings. The van der Waals surface area contributed by atoms with E-state index < -0.39 is 5.97 Å². The molecular weight excluding hydrogens is 218 g/mol. The first kappa shape index (κ1) is 13.7. The van der Waals surface area contributed by atoms with Gasteiger partial charge in [-0.25, -0.2) is 0 Å². The van der Waals surface area contributed by atoms with Crippen molar-refractivity contribution in [1.29, 1.82) is 0 Å². The first-order chi connectivity index (χ1) is 8.18. The van der Waals surface area contributed by atoms with Gasteiger partial charge in [-0.1, -0.05) is 30.3 Å². The fourth-order valence-electron chi connectivity index (χ4n) is 1.54. The van der Waals surface area contributed by atoms with E-state index in [2.05, 4.69) is 0 Å². The Labute approximate surface area is 101 Å². The number of nitrogens with two attached hydrogens (primary N) is 1. The highest BCUT2D eigenvalue weighted by Gasteiger charge is 2.07. The number of ether oxygens (including phenoxy) is 1. The van der Waals surface area contributed by atoms with Gasteiger partial charge in [0.05, 0.1) is 13.0 Å². The molecule has 1 aromatic rings. The second kappa shape index (κ2) is 7.81. The summed E-state index contributed by atoms with van der Waals surface area (Å²) >= 11 is 0. The third-order valence-electron chi connectivity index (χ3n) is 2.41. The highest BCUT2D eigenvalue weighted by molar-refractivity contribution is 5.67. The Hall–Kier alpha value is -1.39. The number of hydrogen-bond donors (Lipinski definition) is 2. The molecule has 0 aliphatic rings. The number of carboxylic acids is 1. The van der Waals surface area contributed by atoms with Crippen LogP contribution in [0.3, 0.4) is 0 Å². The van der Waals surface area contributed by atoms with Crippen LogP contribution in [0.5, 0.6) is 0 Å². The molecule has 17 heavy (non-hydrogen) atoms. The van der Waals surface area contributed by atoms with E-state index in [4.69, 9.17) is 15.6 Å². The smallest absolute Gasteiger partial charge is 0.304 e. The first-order valence-electron chi connectivity index (χ1n) is 5.77. The molecule has 3 N–H and O–H groups in total. The normalized spacial score (nSPS) is 12.3. The lowest BCUT2D eigenvalue weighted by atomic mass is 10.1. The summed E-state index contributed by atoms with van der Waals surface area (Å²) in [6, 6.07) is 9.66. The topological polar surface area (TPSA) is 72.5 Å². The van der Waals surface area contributed by atoms with Crippen molar-refractivity contribution < 1.29 is 14.6 Å². The van der Waals surface area contributed by atoms with Gasteiger partial charge in [-0.2, -0.15) is 0 Å². The van der Waals surface area contributed by atoms with Crippen LogP contribution >= 0.6 is 0 Å². The number of aliphatic carboxylic acids is 1. The molecule has 94 valence electrons. The molecule has 0 radical (unpaired) electrons. The largest absolute Gasteiger partial charge is 0.481 e. The average Bonchev–Trinajstić information content (AvgIpc) is 2.29. The van der Waals surface area contributed by atoms with Crippen molar-refractivity contribution in [2.75, 3.05) is 6.61 Å². The van der Waals surface area contributed by atoms with Crippen molar-refractivity contribution in [3.05, 3.63) is 35.9 Å². The Morgan fingerprint density at radius 2 is 2.06 bits per heavy atom. The van der Waals surface area contributed by atoms with Crippen LogP contribution in [0.4, 0.5) is 0 Å². The molecular formula is C13H19NO3. The van der Waals surface area contributed by atoms with Crippen LogP contribution in [0.15, 0.2) is 30.3 Å². The highest BCUT2D eigenvalue weighted by Crippen LogP contribution is 2.03. The molecule has 0 aliphatic carbocycles. The van der Waals surface area contributed by atoms with Gasteiger partial charge in [0.2, 0.25) is 0 Å². The first-order valence-corrected chi connectivity index (χ1v) is 5.77. The summed E-state index contributed by atoms with van der Waals surface area (Å²) in [4.78, 5) is 10.4. The van der Waals surface area contributed by atoms with Crippen LogP contribution in [0.2, 0.25) is 0 Å². The van der Waals surface area contributed by atoms with E-state index in [1.165, 1.54) is 0 Å². The van der Waals surface area contributed by atoms with Crippen LogP contribution in [0, 0.1) is 0 Å². The summed E-state index contributed by atoms with van der Waals surface area (Å²) in [7, 11) is 0. The van der Waals surface area contributed by atoms with E-state index in [0.29, 0.717) is 19.6 Å². The molecule has 0 amide bonds. The summed E-state index contributed by atoms with van der Waals surface area (Å²) in [5.74, 6) is -0.845. The Kier molecular flexibility index (Phi) is 6.29. The van der Waals surface area contributed by atoms with Crippen molar-refractivity contribution in [2.24, 2.45) is 5.73 Å². The quantitative estimate of drug-likeness (QED) is 0.676. The number of benzene rings is 1. The van der Waals surface area contributed by atoms with Gasteiger partial charge in [-0.3, -0.25) is 4.79 Å². The number of carbonyl (C=O) groups is 1. The molecule has 1 unspecified atom stereocenters. The van der Waals surface area contributed by atoms with Gasteiger partial charge >= 0.3 is 5.97 Å². The Balaban J connectivity index is 2.03. The minimum atomic E-state index is -0.845. The lowest BCUT2D eigenvalue weighted by Gasteiger charge is -2.08. The molecule has 4 nitrogen and oxygen atoms in total. The molecule has 1 rings (SSSR count). The van der Waals surface area contributed by atoms with Gasteiger partial charge < -0.3 is 15.6 Å². The molecule has 0 saturated carbocycles. The fraction of sp³-hybridized carbons (Fsp3) is 0.462. The monoisotopic (exact) mass is 237 g/mol. The maximum Gasteiger partial charge on any atom is 0.304 e. The average molecular weight is 237 g/mol. The molecule has 0 aromatic heterocycles. The van der Waals surface area contributed by atoms with Crippen LogP contribution in [0.25, 0.3) is 0 Å². The Morgan fingerprint density at radius 3 is 2.71 bits per heavy atom. The number of hydrogen-bond acceptors (Lipinski definition) is 3. The molecule has 0 saturated heterocycles. The molecule has 0 spiro atoms. The summed E-state index contributed by atoms with van der Waals surface area (Å²) in [6.45, 7) is 1.21. The molecule has 1 atom stereocenters. The SMILES string of the molecule is NC(CCCOCc1ccccc1)CC(=O)O. The lowest BCUT2D eigenvalue weighted by molar-refractivity contribution is -0.137. The van der Waals surface area contributed by atoms with Crippen LogP contribution in [-0.4, -0.2) is 23.7 Å². The van der Waals surface area contributed by atoms with Crippen molar-refractivity contribution in [1.82, 2.24) is 0 Å². The van der Waals surface area contributed by atoms with E-state index in [-0.39, 0.29) is 12.5 Å². The zero-order valence-corrected chi connectivity index (χ0v) is 9.84. The molecule has 1 aromatic carbocycles. The second-order valence-electron chi connectivity index (χ2n) is 4.04. The third-order valence-corrected chi connectivity index (χ3v) is 2.41. The Morgan fingerprint density at radius 1 is 1.35 bits per heavy atom. The highest BCUT2D eigenvalue weighted by atomic mass is 16.5. The molecule has 0 heterocycles. The summed E-state index contributed by atoms with van der Waals surface area (Å²) in [6.07, 6.45) is 1.50.